The van der Waals surface area contributed by atoms with Crippen LogP contribution in [-0.4, -0.2) is 30.9 Å². The van der Waals surface area contributed by atoms with E-state index < -0.39 is 0 Å². The summed E-state index contributed by atoms with van der Waals surface area (Å²) in [6.45, 7) is 2.35. The van der Waals surface area contributed by atoms with Crippen LogP contribution < -0.4 is 14.9 Å². The van der Waals surface area contributed by atoms with Crippen molar-refractivity contribution < 1.29 is 23.4 Å². The fourth-order valence-electron chi connectivity index (χ4n) is 2.64. The number of para-hydroxylation sites is 1. The summed E-state index contributed by atoms with van der Waals surface area (Å²) >= 11 is 1.33. The number of rotatable bonds is 10. The van der Waals surface area contributed by atoms with E-state index >= 15 is 0 Å². The van der Waals surface area contributed by atoms with Crippen LogP contribution in [0.5, 0.6) is 11.5 Å². The Morgan fingerprint density at radius 2 is 2.06 bits per heavy atom. The third kappa shape index (κ3) is 6.51. The van der Waals surface area contributed by atoms with E-state index in [0.29, 0.717) is 34.5 Å². The SMILES string of the molecule is CCOC(=O)Cc1csc(NN=Cc2cccc(OC)c2OCc2ccc(F)cc2)n1. The lowest BCUT2D eigenvalue weighted by Crippen LogP contribution is -2.07. The van der Waals surface area contributed by atoms with Gasteiger partial charge in [-0.15, -0.1) is 11.3 Å². The van der Waals surface area contributed by atoms with Crippen molar-refractivity contribution in [3.63, 3.8) is 0 Å². The summed E-state index contributed by atoms with van der Waals surface area (Å²) in [6.07, 6.45) is 1.71. The van der Waals surface area contributed by atoms with E-state index in [1.807, 2.05) is 12.1 Å². The largest absolute Gasteiger partial charge is 0.493 e. The highest BCUT2D eigenvalue weighted by Crippen LogP contribution is 2.31. The van der Waals surface area contributed by atoms with E-state index in [1.165, 1.54) is 23.5 Å². The molecule has 7 nitrogen and oxygen atoms in total. The average molecular weight is 444 g/mol. The molecule has 1 N–H and O–H groups in total. The van der Waals surface area contributed by atoms with Crippen LogP contribution in [0.25, 0.3) is 0 Å². The van der Waals surface area contributed by atoms with Gasteiger partial charge >= 0.3 is 5.97 Å². The van der Waals surface area contributed by atoms with Crippen LogP contribution >= 0.6 is 11.3 Å². The number of nitrogens with one attached hydrogen (secondary N) is 1. The second kappa shape index (κ2) is 11.1. The molecule has 0 aliphatic carbocycles. The van der Waals surface area contributed by atoms with Crippen LogP contribution in [-0.2, 0) is 22.6 Å². The minimum absolute atomic E-state index is 0.118. The molecule has 0 unspecified atom stereocenters. The zero-order valence-corrected chi connectivity index (χ0v) is 17.9. The molecular weight excluding hydrogens is 421 g/mol. The van der Waals surface area contributed by atoms with Crippen molar-refractivity contribution in [1.29, 1.82) is 0 Å². The summed E-state index contributed by atoms with van der Waals surface area (Å²) in [5.41, 5.74) is 4.98. The maximum atomic E-state index is 13.1. The predicted molar refractivity (Wildman–Crippen MR) is 117 cm³/mol. The number of thiazole rings is 1. The Labute approximate surface area is 183 Å². The molecule has 0 saturated heterocycles. The third-order valence-corrected chi connectivity index (χ3v) is 4.87. The Kier molecular flexibility index (Phi) is 7.94. The number of anilines is 1. The van der Waals surface area contributed by atoms with E-state index in [2.05, 4.69) is 15.5 Å². The van der Waals surface area contributed by atoms with Crippen molar-refractivity contribution in [2.24, 2.45) is 5.10 Å². The summed E-state index contributed by atoms with van der Waals surface area (Å²) in [5.74, 6) is 0.453. The van der Waals surface area contributed by atoms with Crippen molar-refractivity contribution in [3.8, 4) is 11.5 Å². The number of halogens is 1. The van der Waals surface area contributed by atoms with Gasteiger partial charge in [-0.3, -0.25) is 10.2 Å². The molecular formula is C22H22FN3O4S. The molecule has 0 aliphatic heterocycles. The van der Waals surface area contributed by atoms with Gasteiger partial charge in [-0.1, -0.05) is 18.2 Å². The average Bonchev–Trinajstić information content (AvgIpc) is 3.20. The van der Waals surface area contributed by atoms with Crippen LogP contribution in [0.3, 0.4) is 0 Å². The first kappa shape index (κ1) is 22.2. The Hall–Kier alpha value is -3.46. The number of hydrogen-bond donors (Lipinski definition) is 1. The Morgan fingerprint density at radius 1 is 1.26 bits per heavy atom. The number of carbonyl (C=O) groups excluding carboxylic acids is 1. The van der Waals surface area contributed by atoms with Gasteiger partial charge in [0.25, 0.3) is 0 Å². The molecule has 0 saturated carbocycles. The van der Waals surface area contributed by atoms with Gasteiger partial charge in [0.1, 0.15) is 12.4 Å². The number of benzene rings is 2. The van der Waals surface area contributed by atoms with E-state index in [1.54, 1.807) is 43.8 Å². The monoisotopic (exact) mass is 443 g/mol. The van der Waals surface area contributed by atoms with Crippen molar-refractivity contribution in [1.82, 2.24) is 4.98 Å². The number of aromatic nitrogens is 1. The normalized spacial score (nSPS) is 10.8. The molecule has 0 amide bonds. The highest BCUT2D eigenvalue weighted by Gasteiger charge is 2.11. The van der Waals surface area contributed by atoms with Crippen LogP contribution in [0.15, 0.2) is 52.9 Å². The molecule has 31 heavy (non-hydrogen) atoms. The summed E-state index contributed by atoms with van der Waals surface area (Å²) in [5, 5.41) is 6.54. The van der Waals surface area contributed by atoms with Gasteiger partial charge in [-0.2, -0.15) is 5.10 Å². The van der Waals surface area contributed by atoms with Crippen LogP contribution in [0.4, 0.5) is 9.52 Å². The topological polar surface area (TPSA) is 82.0 Å². The molecule has 0 aliphatic rings. The molecule has 0 atom stereocenters. The van der Waals surface area contributed by atoms with Gasteiger partial charge in [-0.25, -0.2) is 9.37 Å². The molecule has 0 bridgehead atoms. The molecule has 162 valence electrons. The first-order chi connectivity index (χ1) is 15.1. The lowest BCUT2D eigenvalue weighted by atomic mass is 10.2. The highest BCUT2D eigenvalue weighted by atomic mass is 32.1. The quantitative estimate of drug-likeness (QED) is 0.284. The van der Waals surface area contributed by atoms with Gasteiger partial charge in [-0.05, 0) is 36.8 Å². The lowest BCUT2D eigenvalue weighted by molar-refractivity contribution is -0.142. The van der Waals surface area contributed by atoms with E-state index in [4.69, 9.17) is 14.2 Å². The summed E-state index contributed by atoms with van der Waals surface area (Å²) < 4.78 is 29.3. The van der Waals surface area contributed by atoms with Gasteiger partial charge < -0.3 is 14.2 Å². The maximum Gasteiger partial charge on any atom is 0.311 e. The number of nitrogens with zero attached hydrogens (tertiary/aromatic N) is 2. The smallest absolute Gasteiger partial charge is 0.311 e. The van der Waals surface area contributed by atoms with Gasteiger partial charge in [0.05, 0.1) is 32.0 Å². The maximum absolute atomic E-state index is 13.1. The van der Waals surface area contributed by atoms with Crippen molar-refractivity contribution in [3.05, 3.63) is 70.5 Å². The predicted octanol–water partition coefficient (Wildman–Crippen LogP) is 4.42. The molecule has 0 spiro atoms. The number of esters is 1. The Balaban J connectivity index is 1.66. The zero-order valence-electron chi connectivity index (χ0n) is 17.1. The van der Waals surface area contributed by atoms with Crippen molar-refractivity contribution in [2.45, 2.75) is 20.0 Å². The minimum atomic E-state index is -0.317. The van der Waals surface area contributed by atoms with Crippen LogP contribution in [0.2, 0.25) is 0 Å². The van der Waals surface area contributed by atoms with Gasteiger partial charge in [0.2, 0.25) is 5.13 Å². The number of methoxy groups -OCH3 is 1. The fourth-order valence-corrected chi connectivity index (χ4v) is 3.30. The lowest BCUT2D eigenvalue weighted by Gasteiger charge is -2.13. The second-order valence-electron chi connectivity index (χ2n) is 6.29. The second-order valence-corrected chi connectivity index (χ2v) is 7.15. The van der Waals surface area contributed by atoms with Crippen LogP contribution in [0.1, 0.15) is 23.7 Å². The molecule has 0 radical (unpaired) electrons. The first-order valence-corrected chi connectivity index (χ1v) is 10.4. The standard InChI is InChI=1S/C22H22FN3O4S/c1-3-29-20(27)11-18-14-31-22(25-18)26-24-12-16-5-4-6-19(28-2)21(16)30-13-15-7-9-17(23)10-8-15/h4-10,12,14H,3,11,13H2,1-2H3,(H,25,26). The van der Waals surface area contributed by atoms with Crippen molar-refractivity contribution >= 4 is 28.7 Å². The number of hydrazone groups is 1. The molecule has 1 aromatic heterocycles. The Morgan fingerprint density at radius 3 is 2.81 bits per heavy atom. The van der Waals surface area contributed by atoms with Gasteiger partial charge in [0, 0.05) is 10.9 Å². The van der Waals surface area contributed by atoms with Crippen molar-refractivity contribution in [2.75, 3.05) is 19.1 Å². The molecule has 3 rings (SSSR count). The van der Waals surface area contributed by atoms with Gasteiger partial charge in [0.15, 0.2) is 11.5 Å². The molecule has 1 heterocycles. The number of hydrogen-bond acceptors (Lipinski definition) is 8. The number of carbonyl (C=O) groups is 1. The van der Waals surface area contributed by atoms with Crippen LogP contribution in [0, 0.1) is 5.82 Å². The zero-order chi connectivity index (χ0) is 22.1. The fraction of sp³-hybridized carbons (Fsp3) is 0.227. The summed E-state index contributed by atoms with van der Waals surface area (Å²) in [6, 6.07) is 11.5. The third-order valence-electron chi connectivity index (χ3n) is 4.07. The van der Waals surface area contributed by atoms with E-state index in [0.717, 1.165) is 5.56 Å². The Bertz CT molecular complexity index is 1040. The highest BCUT2D eigenvalue weighted by molar-refractivity contribution is 7.13. The van der Waals surface area contributed by atoms with E-state index in [9.17, 15) is 9.18 Å². The molecule has 0 fully saturated rings. The summed E-state index contributed by atoms with van der Waals surface area (Å²) in [4.78, 5) is 15.9. The summed E-state index contributed by atoms with van der Waals surface area (Å²) in [7, 11) is 1.56. The molecule has 3 aromatic rings. The minimum Gasteiger partial charge on any atom is -0.493 e. The first-order valence-electron chi connectivity index (χ1n) is 9.52. The van der Waals surface area contributed by atoms with E-state index in [-0.39, 0.29) is 24.8 Å². The molecule has 9 heteroatoms. The molecule has 2 aromatic carbocycles. The number of ether oxygens (including phenoxy) is 3.